The molecule has 212 valence electrons. The molecule has 42 heavy (non-hydrogen) atoms. The Balaban J connectivity index is 1.40. The zero-order chi connectivity index (χ0) is 29.4. The topological polar surface area (TPSA) is 119 Å². The van der Waals surface area contributed by atoms with Crippen molar-refractivity contribution in [1.82, 2.24) is 10.2 Å². The third-order valence-electron chi connectivity index (χ3n) is 7.07. The van der Waals surface area contributed by atoms with Gasteiger partial charge >= 0.3 is 11.9 Å². The van der Waals surface area contributed by atoms with E-state index in [1.165, 1.54) is 35.1 Å². The van der Waals surface area contributed by atoms with E-state index in [1.807, 2.05) is 37.3 Å². The van der Waals surface area contributed by atoms with Crippen LogP contribution in [-0.4, -0.2) is 46.2 Å². The molecular weight excluding hydrogens is 574 g/mol. The fourth-order valence-electron chi connectivity index (χ4n) is 5.07. The molecular formula is C31H25N3O6S2. The Bertz CT molecular complexity index is 1720. The number of hydrogen-bond donors (Lipinski definition) is 1. The van der Waals surface area contributed by atoms with Gasteiger partial charge in [-0.25, -0.2) is 4.79 Å². The molecule has 1 fully saturated rings. The number of hydrogen-bond acceptors (Lipinski definition) is 10. The van der Waals surface area contributed by atoms with Crippen molar-refractivity contribution in [1.29, 1.82) is 0 Å². The fraction of sp³-hybridized carbons (Fsp3) is 0.194. The van der Waals surface area contributed by atoms with Gasteiger partial charge in [-0.15, -0.1) is 10.2 Å². The third-order valence-corrected chi connectivity index (χ3v) is 9.20. The molecule has 0 spiro atoms. The van der Waals surface area contributed by atoms with Gasteiger partial charge in [0.1, 0.15) is 17.6 Å². The van der Waals surface area contributed by atoms with Crippen molar-refractivity contribution in [2.45, 2.75) is 35.6 Å². The predicted octanol–water partition coefficient (Wildman–Crippen LogP) is 5.57. The number of carbonyl (C=O) groups is 3. The molecule has 1 amide bonds. The molecule has 0 saturated carbocycles. The minimum absolute atomic E-state index is 0.00246. The van der Waals surface area contributed by atoms with Crippen molar-refractivity contribution >= 4 is 51.6 Å². The molecule has 1 N–H and O–H groups in total. The summed E-state index contributed by atoms with van der Waals surface area (Å²) in [5.74, 6) is -1.10. The highest BCUT2D eigenvalue weighted by molar-refractivity contribution is 8.00. The maximum Gasteiger partial charge on any atom is 0.337 e. The smallest absolute Gasteiger partial charge is 0.337 e. The summed E-state index contributed by atoms with van der Waals surface area (Å²) in [5, 5.41) is 20.3. The molecule has 2 atom stereocenters. The van der Waals surface area contributed by atoms with E-state index in [0.29, 0.717) is 33.2 Å². The SMILES string of the molecule is COC(=O)c1ccc([C@H]2/C(=C(\O)c3ccc4c(c3)C[C@H](C)O4)C(=O)C(=O)N2c2nnc(SCc3ccccc3)s2)cc1. The number of fused-ring (bicyclic) bond motifs is 1. The number of aliphatic hydroxyl groups excluding tert-OH is 1. The van der Waals surface area contributed by atoms with Crippen LogP contribution < -0.4 is 9.64 Å². The number of esters is 1. The number of carbonyl (C=O) groups excluding carboxylic acids is 3. The minimum atomic E-state index is -1.000. The third kappa shape index (κ3) is 5.17. The van der Waals surface area contributed by atoms with Crippen molar-refractivity contribution in [3.05, 3.63) is 106 Å². The number of nitrogens with zero attached hydrogens (tertiary/aromatic N) is 3. The lowest BCUT2D eigenvalue weighted by Crippen LogP contribution is -2.29. The van der Waals surface area contributed by atoms with E-state index >= 15 is 0 Å². The van der Waals surface area contributed by atoms with Crippen LogP contribution in [0.15, 0.2) is 82.7 Å². The van der Waals surface area contributed by atoms with E-state index in [2.05, 4.69) is 10.2 Å². The molecule has 3 aromatic carbocycles. The molecule has 4 aromatic rings. The maximum atomic E-state index is 13.6. The number of anilines is 1. The quantitative estimate of drug-likeness (QED) is 0.0727. The standard InChI is InChI=1S/C31H25N3O6S2/c1-17-14-22-15-21(12-13-23(22)40-17)26(35)24-25(19-8-10-20(11-9-19)29(38)39-2)34(28(37)27(24)36)30-32-33-31(42-30)41-16-18-6-4-3-5-7-18/h3-13,15,17,25,35H,14,16H2,1-2H3/b26-24+/t17-,25-/m0/s1. The van der Waals surface area contributed by atoms with E-state index in [0.717, 1.165) is 16.9 Å². The average molecular weight is 600 g/mol. The number of ether oxygens (including phenoxy) is 2. The van der Waals surface area contributed by atoms with Gasteiger partial charge in [-0.1, -0.05) is 65.6 Å². The summed E-state index contributed by atoms with van der Waals surface area (Å²) in [6.45, 7) is 1.96. The molecule has 6 rings (SSSR count). The average Bonchev–Trinajstić information content (AvgIpc) is 3.70. The van der Waals surface area contributed by atoms with E-state index < -0.39 is 23.7 Å². The van der Waals surface area contributed by atoms with Gasteiger partial charge in [0.2, 0.25) is 5.13 Å². The molecule has 3 heterocycles. The second-order valence-electron chi connectivity index (χ2n) is 9.86. The number of amides is 1. The fourth-order valence-corrected chi connectivity index (χ4v) is 6.89. The molecule has 11 heteroatoms. The summed E-state index contributed by atoms with van der Waals surface area (Å²) in [6, 6.07) is 20.5. The Morgan fingerprint density at radius 1 is 1.07 bits per heavy atom. The van der Waals surface area contributed by atoms with Crippen molar-refractivity contribution in [3.63, 3.8) is 0 Å². The first kappa shape index (κ1) is 27.7. The Hall–Kier alpha value is -4.48. The van der Waals surface area contributed by atoms with Gasteiger partial charge in [-0.05, 0) is 53.9 Å². The number of methoxy groups -OCH3 is 1. The first-order chi connectivity index (χ1) is 20.3. The Labute approximate surface area is 249 Å². The molecule has 0 radical (unpaired) electrons. The molecule has 0 bridgehead atoms. The van der Waals surface area contributed by atoms with Crippen LogP contribution in [0.5, 0.6) is 5.75 Å². The lowest BCUT2D eigenvalue weighted by Gasteiger charge is -2.22. The normalized spacial score (nSPS) is 19.0. The maximum absolute atomic E-state index is 13.6. The molecule has 9 nitrogen and oxygen atoms in total. The first-order valence-corrected chi connectivity index (χ1v) is 14.9. The second kappa shape index (κ2) is 11.4. The highest BCUT2D eigenvalue weighted by atomic mass is 32.2. The largest absolute Gasteiger partial charge is 0.507 e. The monoisotopic (exact) mass is 599 g/mol. The zero-order valence-corrected chi connectivity index (χ0v) is 24.3. The lowest BCUT2D eigenvalue weighted by molar-refractivity contribution is -0.132. The summed E-state index contributed by atoms with van der Waals surface area (Å²) in [4.78, 5) is 40.4. The van der Waals surface area contributed by atoms with Gasteiger partial charge in [0.25, 0.3) is 5.78 Å². The van der Waals surface area contributed by atoms with Gasteiger partial charge in [-0.2, -0.15) is 0 Å². The number of rotatable bonds is 7. The summed E-state index contributed by atoms with van der Waals surface area (Å²) < 4.78 is 11.2. The summed E-state index contributed by atoms with van der Waals surface area (Å²) in [5.41, 5.74) is 3.16. The molecule has 1 aromatic heterocycles. The molecule has 1 saturated heterocycles. The highest BCUT2D eigenvalue weighted by Gasteiger charge is 2.48. The first-order valence-electron chi connectivity index (χ1n) is 13.1. The van der Waals surface area contributed by atoms with Crippen LogP contribution in [0, 0.1) is 0 Å². The van der Waals surface area contributed by atoms with Crippen LogP contribution in [0.2, 0.25) is 0 Å². The van der Waals surface area contributed by atoms with Gasteiger partial charge in [0, 0.05) is 17.7 Å². The Kier molecular flexibility index (Phi) is 7.53. The van der Waals surface area contributed by atoms with Crippen LogP contribution >= 0.6 is 23.1 Å². The highest BCUT2D eigenvalue weighted by Crippen LogP contribution is 2.44. The summed E-state index contributed by atoms with van der Waals surface area (Å²) in [6.07, 6.45) is 0.667. The van der Waals surface area contributed by atoms with E-state index in [-0.39, 0.29) is 22.6 Å². The minimum Gasteiger partial charge on any atom is -0.507 e. The Morgan fingerprint density at radius 3 is 2.55 bits per heavy atom. The second-order valence-corrected chi connectivity index (χ2v) is 12.0. The number of aromatic nitrogens is 2. The van der Waals surface area contributed by atoms with Crippen molar-refractivity contribution in [2.75, 3.05) is 12.0 Å². The lowest BCUT2D eigenvalue weighted by atomic mass is 9.94. The number of Topliss-reactive ketones (excluding diaryl/α,β-unsaturated/α-hetero) is 1. The van der Waals surface area contributed by atoms with Gasteiger partial charge in [0.15, 0.2) is 4.34 Å². The van der Waals surface area contributed by atoms with Crippen molar-refractivity contribution < 1.29 is 29.0 Å². The summed E-state index contributed by atoms with van der Waals surface area (Å²) in [7, 11) is 1.29. The van der Waals surface area contributed by atoms with E-state index in [9.17, 15) is 19.5 Å². The number of benzene rings is 3. The number of ketones is 1. The van der Waals surface area contributed by atoms with Crippen LogP contribution in [0.1, 0.15) is 45.6 Å². The molecule has 2 aliphatic rings. The number of thioether (sulfide) groups is 1. The van der Waals surface area contributed by atoms with Gasteiger partial charge < -0.3 is 14.6 Å². The van der Waals surface area contributed by atoms with Crippen molar-refractivity contribution in [2.24, 2.45) is 0 Å². The van der Waals surface area contributed by atoms with Crippen LogP contribution in [-0.2, 0) is 26.5 Å². The molecule has 0 unspecified atom stereocenters. The molecule has 2 aliphatic heterocycles. The zero-order valence-electron chi connectivity index (χ0n) is 22.6. The van der Waals surface area contributed by atoms with Gasteiger partial charge in [-0.3, -0.25) is 14.5 Å². The Morgan fingerprint density at radius 2 is 1.81 bits per heavy atom. The van der Waals surface area contributed by atoms with E-state index in [1.54, 1.807) is 42.5 Å². The van der Waals surface area contributed by atoms with E-state index in [4.69, 9.17) is 9.47 Å². The number of aliphatic hydroxyl groups is 1. The van der Waals surface area contributed by atoms with Crippen LogP contribution in [0.3, 0.4) is 0 Å². The molecule has 0 aliphatic carbocycles. The predicted molar refractivity (Wildman–Crippen MR) is 159 cm³/mol. The van der Waals surface area contributed by atoms with Crippen LogP contribution in [0.4, 0.5) is 5.13 Å². The van der Waals surface area contributed by atoms with Gasteiger partial charge in [0.05, 0.1) is 24.3 Å². The van der Waals surface area contributed by atoms with Crippen molar-refractivity contribution in [3.8, 4) is 5.75 Å². The van der Waals surface area contributed by atoms with Crippen LogP contribution in [0.25, 0.3) is 5.76 Å². The summed E-state index contributed by atoms with van der Waals surface area (Å²) >= 11 is 2.66.